The van der Waals surface area contributed by atoms with E-state index in [-0.39, 0.29) is 24.7 Å². The van der Waals surface area contributed by atoms with Crippen LogP contribution in [-0.4, -0.2) is 50.7 Å². The van der Waals surface area contributed by atoms with Crippen LogP contribution in [0.5, 0.6) is 0 Å². The zero-order valence-corrected chi connectivity index (χ0v) is 12.5. The number of sulfonamides is 1. The molecule has 1 fully saturated rings. The van der Waals surface area contributed by atoms with Crippen molar-refractivity contribution in [3.8, 4) is 0 Å². The summed E-state index contributed by atoms with van der Waals surface area (Å²) in [6, 6.07) is 0. The van der Waals surface area contributed by atoms with Gasteiger partial charge >= 0.3 is 5.97 Å². The summed E-state index contributed by atoms with van der Waals surface area (Å²) in [5.74, 6) is -0.00298. The summed E-state index contributed by atoms with van der Waals surface area (Å²) in [5, 5.41) is 0. The predicted octanol–water partition coefficient (Wildman–Crippen LogP) is 0.186. The van der Waals surface area contributed by atoms with Crippen molar-refractivity contribution in [2.45, 2.75) is 26.7 Å². The van der Waals surface area contributed by atoms with E-state index in [9.17, 15) is 13.2 Å². The molecule has 0 radical (unpaired) electrons. The van der Waals surface area contributed by atoms with Gasteiger partial charge in [0.25, 0.3) is 0 Å². The second kappa shape index (κ2) is 7.21. The lowest BCUT2D eigenvalue weighted by Gasteiger charge is -2.35. The SMILES string of the molecule is CCOC(=O)CCS(=O)(=O)N1CCC(C)C(CN)C1. The molecule has 0 aromatic heterocycles. The van der Waals surface area contributed by atoms with Crippen LogP contribution in [0, 0.1) is 11.8 Å². The van der Waals surface area contributed by atoms with Crippen LogP contribution in [-0.2, 0) is 19.6 Å². The van der Waals surface area contributed by atoms with Crippen molar-refractivity contribution in [3.05, 3.63) is 0 Å². The molecule has 2 unspecified atom stereocenters. The fourth-order valence-corrected chi connectivity index (χ4v) is 3.74. The Labute approximate surface area is 115 Å². The largest absolute Gasteiger partial charge is 0.466 e. The number of piperidine rings is 1. The fourth-order valence-electron chi connectivity index (χ4n) is 2.25. The monoisotopic (exact) mass is 292 g/mol. The third-order valence-corrected chi connectivity index (χ3v) is 5.48. The van der Waals surface area contributed by atoms with Gasteiger partial charge in [-0.25, -0.2) is 12.7 Å². The summed E-state index contributed by atoms with van der Waals surface area (Å²) in [7, 11) is -3.39. The van der Waals surface area contributed by atoms with Gasteiger partial charge in [0.15, 0.2) is 0 Å². The van der Waals surface area contributed by atoms with Gasteiger partial charge in [-0.2, -0.15) is 0 Å². The molecule has 1 aliphatic heterocycles. The highest BCUT2D eigenvalue weighted by molar-refractivity contribution is 7.89. The number of nitrogens with two attached hydrogens (primary N) is 1. The fraction of sp³-hybridized carbons (Fsp3) is 0.917. The van der Waals surface area contributed by atoms with Gasteiger partial charge in [0.1, 0.15) is 0 Å². The number of hydrogen-bond acceptors (Lipinski definition) is 5. The Balaban J connectivity index is 2.55. The Kier molecular flexibility index (Phi) is 6.22. The maximum Gasteiger partial charge on any atom is 0.306 e. The number of rotatable bonds is 6. The molecule has 2 atom stereocenters. The summed E-state index contributed by atoms with van der Waals surface area (Å²) in [5.41, 5.74) is 5.67. The van der Waals surface area contributed by atoms with E-state index in [1.165, 1.54) is 4.31 Å². The van der Waals surface area contributed by atoms with Crippen LogP contribution in [0.2, 0.25) is 0 Å². The van der Waals surface area contributed by atoms with Gasteiger partial charge in [-0.3, -0.25) is 4.79 Å². The van der Waals surface area contributed by atoms with Crippen LogP contribution in [0.4, 0.5) is 0 Å². The zero-order chi connectivity index (χ0) is 14.5. The number of nitrogens with zero attached hydrogens (tertiary/aromatic N) is 1. The summed E-state index contributed by atoms with van der Waals surface area (Å²) < 4.78 is 30.5. The molecule has 0 saturated carbocycles. The number of esters is 1. The summed E-state index contributed by atoms with van der Waals surface area (Å²) >= 11 is 0. The molecule has 0 aromatic carbocycles. The Hall–Kier alpha value is -0.660. The third-order valence-electron chi connectivity index (χ3n) is 3.64. The van der Waals surface area contributed by atoms with E-state index in [1.807, 2.05) is 0 Å². The van der Waals surface area contributed by atoms with Crippen LogP contribution in [0.1, 0.15) is 26.7 Å². The van der Waals surface area contributed by atoms with Crippen molar-refractivity contribution < 1.29 is 17.9 Å². The van der Waals surface area contributed by atoms with Crippen molar-refractivity contribution in [2.24, 2.45) is 17.6 Å². The van der Waals surface area contributed by atoms with Crippen LogP contribution in [0.15, 0.2) is 0 Å². The maximum absolute atomic E-state index is 12.1. The highest BCUT2D eigenvalue weighted by Gasteiger charge is 2.32. The molecule has 112 valence electrons. The average molecular weight is 292 g/mol. The molecule has 2 N–H and O–H groups in total. The van der Waals surface area contributed by atoms with Crippen molar-refractivity contribution in [3.63, 3.8) is 0 Å². The smallest absolute Gasteiger partial charge is 0.306 e. The zero-order valence-electron chi connectivity index (χ0n) is 11.7. The molecule has 6 nitrogen and oxygen atoms in total. The summed E-state index contributed by atoms with van der Waals surface area (Å²) in [6.45, 7) is 5.54. The molecule has 0 bridgehead atoms. The predicted molar refractivity (Wildman–Crippen MR) is 72.9 cm³/mol. The Bertz CT molecular complexity index is 397. The number of hydrogen-bond donors (Lipinski definition) is 1. The minimum atomic E-state index is -3.39. The molecular formula is C12H24N2O4S. The molecular weight excluding hydrogens is 268 g/mol. The van der Waals surface area contributed by atoms with Crippen molar-refractivity contribution in [1.29, 1.82) is 0 Å². The van der Waals surface area contributed by atoms with Gasteiger partial charge in [-0.1, -0.05) is 6.92 Å². The van der Waals surface area contributed by atoms with Crippen LogP contribution < -0.4 is 5.73 Å². The van der Waals surface area contributed by atoms with Gasteiger partial charge in [0.2, 0.25) is 10.0 Å². The van der Waals surface area contributed by atoms with E-state index in [0.717, 1.165) is 6.42 Å². The lowest BCUT2D eigenvalue weighted by molar-refractivity contribution is -0.142. The standard InChI is InChI=1S/C12H24N2O4S/c1-3-18-12(15)5-7-19(16,17)14-6-4-10(2)11(8-13)9-14/h10-11H,3-9,13H2,1-2H3. The van der Waals surface area contributed by atoms with E-state index in [0.29, 0.717) is 25.6 Å². The Morgan fingerprint density at radius 3 is 2.74 bits per heavy atom. The summed E-state index contributed by atoms with van der Waals surface area (Å²) in [6.07, 6.45) is 0.732. The van der Waals surface area contributed by atoms with E-state index >= 15 is 0 Å². The second-order valence-electron chi connectivity index (χ2n) is 4.99. The minimum Gasteiger partial charge on any atom is -0.466 e. The first-order valence-corrected chi connectivity index (χ1v) is 8.35. The molecule has 1 heterocycles. The normalized spacial score (nSPS) is 25.2. The molecule has 0 aromatic rings. The van der Waals surface area contributed by atoms with Crippen LogP contribution in [0.3, 0.4) is 0 Å². The molecule has 1 saturated heterocycles. The highest BCUT2D eigenvalue weighted by atomic mass is 32.2. The maximum atomic E-state index is 12.1. The van der Waals surface area contributed by atoms with Gasteiger partial charge in [0, 0.05) is 13.1 Å². The molecule has 1 rings (SSSR count). The minimum absolute atomic E-state index is 0.0878. The van der Waals surface area contributed by atoms with E-state index in [1.54, 1.807) is 6.92 Å². The van der Waals surface area contributed by atoms with E-state index in [4.69, 9.17) is 10.5 Å². The van der Waals surface area contributed by atoms with Gasteiger partial charge in [-0.15, -0.1) is 0 Å². The number of carbonyl (C=O) groups excluding carboxylic acids is 1. The average Bonchev–Trinajstić information content (AvgIpc) is 2.37. The molecule has 7 heteroatoms. The Morgan fingerprint density at radius 2 is 2.16 bits per heavy atom. The molecule has 0 amide bonds. The van der Waals surface area contributed by atoms with Crippen LogP contribution in [0.25, 0.3) is 0 Å². The van der Waals surface area contributed by atoms with E-state index in [2.05, 4.69) is 6.92 Å². The van der Waals surface area contributed by atoms with Crippen LogP contribution >= 0.6 is 0 Å². The lowest BCUT2D eigenvalue weighted by Crippen LogP contribution is -2.46. The number of ether oxygens (including phenoxy) is 1. The molecule has 1 aliphatic rings. The van der Waals surface area contributed by atoms with Gasteiger partial charge in [0.05, 0.1) is 18.8 Å². The topological polar surface area (TPSA) is 89.7 Å². The quantitative estimate of drug-likeness (QED) is 0.706. The number of carbonyl (C=O) groups is 1. The highest BCUT2D eigenvalue weighted by Crippen LogP contribution is 2.24. The van der Waals surface area contributed by atoms with Gasteiger partial charge in [-0.05, 0) is 31.7 Å². The van der Waals surface area contributed by atoms with Crippen molar-refractivity contribution in [1.82, 2.24) is 4.31 Å². The third kappa shape index (κ3) is 4.74. The van der Waals surface area contributed by atoms with E-state index < -0.39 is 16.0 Å². The Morgan fingerprint density at radius 1 is 1.47 bits per heavy atom. The first-order chi connectivity index (χ1) is 8.90. The first-order valence-electron chi connectivity index (χ1n) is 6.74. The van der Waals surface area contributed by atoms with Crippen molar-refractivity contribution >= 4 is 16.0 Å². The van der Waals surface area contributed by atoms with Gasteiger partial charge < -0.3 is 10.5 Å². The molecule has 19 heavy (non-hydrogen) atoms. The lowest BCUT2D eigenvalue weighted by atomic mass is 9.88. The van der Waals surface area contributed by atoms with Crippen molar-refractivity contribution in [2.75, 3.05) is 32.0 Å². The second-order valence-corrected chi connectivity index (χ2v) is 7.08. The summed E-state index contributed by atoms with van der Waals surface area (Å²) in [4.78, 5) is 11.2. The first kappa shape index (κ1) is 16.4. The molecule has 0 spiro atoms. The molecule has 0 aliphatic carbocycles.